The number of methoxy groups -OCH3 is 1. The Labute approximate surface area is 162 Å². The Morgan fingerprint density at radius 3 is 2.33 bits per heavy atom. The molecule has 0 aliphatic carbocycles. The number of carbonyl (C=O) groups excluding carboxylic acids is 1. The van der Waals surface area contributed by atoms with Gasteiger partial charge in [0.1, 0.15) is 11.5 Å². The molecule has 1 fully saturated rings. The topological polar surface area (TPSA) is 38.8 Å². The first-order valence-electron chi connectivity index (χ1n) is 9.62. The minimum Gasteiger partial charge on any atom is -0.496 e. The predicted octanol–water partition coefficient (Wildman–Crippen LogP) is 4.68. The molecule has 0 saturated carbocycles. The van der Waals surface area contributed by atoms with E-state index in [0.29, 0.717) is 17.1 Å². The highest BCUT2D eigenvalue weighted by Crippen LogP contribution is 2.36. The van der Waals surface area contributed by atoms with Crippen molar-refractivity contribution in [1.29, 1.82) is 0 Å². The van der Waals surface area contributed by atoms with Crippen LogP contribution in [0.5, 0.6) is 11.5 Å². The van der Waals surface area contributed by atoms with Crippen LogP contribution in [-0.2, 0) is 5.41 Å². The number of rotatable bonds is 5. The van der Waals surface area contributed by atoms with Crippen molar-refractivity contribution in [3.8, 4) is 11.5 Å². The maximum absolute atomic E-state index is 13.1. The van der Waals surface area contributed by atoms with Crippen LogP contribution in [0, 0.1) is 0 Å². The van der Waals surface area contributed by atoms with Crippen LogP contribution in [-0.4, -0.2) is 37.1 Å². The van der Waals surface area contributed by atoms with Gasteiger partial charge in [-0.15, -0.1) is 0 Å². The van der Waals surface area contributed by atoms with E-state index in [1.54, 1.807) is 13.2 Å². The predicted molar refractivity (Wildman–Crippen MR) is 108 cm³/mol. The summed E-state index contributed by atoms with van der Waals surface area (Å²) in [6, 6.07) is 16.0. The second kappa shape index (κ2) is 8.03. The van der Waals surface area contributed by atoms with Crippen molar-refractivity contribution in [2.75, 3.05) is 20.2 Å². The highest BCUT2D eigenvalue weighted by atomic mass is 16.5. The van der Waals surface area contributed by atoms with Crippen molar-refractivity contribution < 1.29 is 14.3 Å². The first-order valence-corrected chi connectivity index (χ1v) is 9.62. The van der Waals surface area contributed by atoms with E-state index >= 15 is 0 Å². The second-order valence-electron chi connectivity index (χ2n) is 7.75. The smallest absolute Gasteiger partial charge is 0.257 e. The summed E-state index contributed by atoms with van der Waals surface area (Å²) in [6.07, 6.45) is 1.99. The maximum Gasteiger partial charge on any atom is 0.257 e. The number of ether oxygens (including phenoxy) is 2. The molecule has 0 atom stereocenters. The molecule has 4 heteroatoms. The number of piperidine rings is 1. The molecule has 144 valence electrons. The van der Waals surface area contributed by atoms with Gasteiger partial charge in [0.2, 0.25) is 0 Å². The third kappa shape index (κ3) is 4.26. The molecular formula is C23H29NO3. The lowest BCUT2D eigenvalue weighted by atomic mass is 9.74. The third-order valence-electron chi connectivity index (χ3n) is 5.40. The summed E-state index contributed by atoms with van der Waals surface area (Å²) < 4.78 is 11.2. The third-order valence-corrected chi connectivity index (χ3v) is 5.40. The Kier molecular flexibility index (Phi) is 5.73. The molecule has 0 bridgehead atoms. The molecule has 1 aliphatic rings. The Morgan fingerprint density at radius 2 is 1.74 bits per heavy atom. The summed E-state index contributed by atoms with van der Waals surface area (Å²) in [5, 5.41) is 0. The summed E-state index contributed by atoms with van der Waals surface area (Å²) in [4.78, 5) is 15.0. The Balaban J connectivity index is 1.72. The fourth-order valence-electron chi connectivity index (χ4n) is 3.70. The van der Waals surface area contributed by atoms with E-state index in [0.717, 1.165) is 25.9 Å². The van der Waals surface area contributed by atoms with E-state index < -0.39 is 0 Å². The zero-order valence-corrected chi connectivity index (χ0v) is 16.7. The first-order chi connectivity index (χ1) is 12.9. The van der Waals surface area contributed by atoms with Crippen molar-refractivity contribution in [3.05, 3.63) is 59.7 Å². The van der Waals surface area contributed by atoms with Crippen LogP contribution >= 0.6 is 0 Å². The number of nitrogens with zero attached hydrogens (tertiary/aromatic N) is 1. The number of hydrogen-bond donors (Lipinski definition) is 0. The minimum atomic E-state index is 0.0260. The van der Waals surface area contributed by atoms with E-state index in [1.165, 1.54) is 5.56 Å². The summed E-state index contributed by atoms with van der Waals surface area (Å²) in [5.41, 5.74) is 2.07. The monoisotopic (exact) mass is 367 g/mol. The fourth-order valence-corrected chi connectivity index (χ4v) is 3.70. The lowest BCUT2D eigenvalue weighted by Crippen LogP contribution is -2.44. The second-order valence-corrected chi connectivity index (χ2v) is 7.75. The molecule has 0 unspecified atom stereocenters. The quantitative estimate of drug-likeness (QED) is 0.770. The molecule has 0 aromatic heterocycles. The average molecular weight is 367 g/mol. The van der Waals surface area contributed by atoms with Gasteiger partial charge in [-0.05, 0) is 49.8 Å². The van der Waals surface area contributed by atoms with Crippen molar-refractivity contribution in [1.82, 2.24) is 4.90 Å². The molecule has 2 aromatic carbocycles. The molecule has 1 aliphatic heterocycles. The standard InChI is InChI=1S/C23H29NO3/c1-17(2)27-19-10-11-20(21(16-19)26-4)22(25)24-14-12-23(3,13-15-24)18-8-6-5-7-9-18/h5-11,16-17H,12-15H2,1-4H3. The summed E-state index contributed by atoms with van der Waals surface area (Å²) in [6.45, 7) is 7.74. The van der Waals surface area contributed by atoms with E-state index in [4.69, 9.17) is 9.47 Å². The van der Waals surface area contributed by atoms with Gasteiger partial charge in [0.25, 0.3) is 5.91 Å². The van der Waals surface area contributed by atoms with Gasteiger partial charge < -0.3 is 14.4 Å². The van der Waals surface area contributed by atoms with Crippen LogP contribution in [0.2, 0.25) is 0 Å². The molecular weight excluding hydrogens is 338 g/mol. The molecule has 0 N–H and O–H groups in total. The zero-order chi connectivity index (χ0) is 19.4. The number of benzene rings is 2. The van der Waals surface area contributed by atoms with Crippen LogP contribution in [0.4, 0.5) is 0 Å². The van der Waals surface area contributed by atoms with Gasteiger partial charge >= 0.3 is 0 Å². The summed E-state index contributed by atoms with van der Waals surface area (Å²) in [7, 11) is 1.59. The maximum atomic E-state index is 13.1. The first kappa shape index (κ1) is 19.3. The van der Waals surface area contributed by atoms with Gasteiger partial charge in [-0.3, -0.25) is 4.79 Å². The fraction of sp³-hybridized carbons (Fsp3) is 0.435. The van der Waals surface area contributed by atoms with Crippen molar-refractivity contribution in [2.24, 2.45) is 0 Å². The normalized spacial score (nSPS) is 16.3. The average Bonchev–Trinajstić information content (AvgIpc) is 2.68. The SMILES string of the molecule is COc1cc(OC(C)C)ccc1C(=O)N1CCC(C)(c2ccccc2)CC1. The van der Waals surface area contributed by atoms with Crippen molar-refractivity contribution in [2.45, 2.75) is 45.1 Å². The van der Waals surface area contributed by atoms with E-state index in [-0.39, 0.29) is 17.4 Å². The molecule has 1 heterocycles. The van der Waals surface area contributed by atoms with E-state index in [1.807, 2.05) is 36.9 Å². The number of likely N-dealkylation sites (tertiary alicyclic amines) is 1. The number of amides is 1. The van der Waals surface area contributed by atoms with Crippen molar-refractivity contribution in [3.63, 3.8) is 0 Å². The van der Waals surface area contributed by atoms with Gasteiger partial charge in [0.15, 0.2) is 0 Å². The van der Waals surface area contributed by atoms with Gasteiger partial charge in [-0.25, -0.2) is 0 Å². The molecule has 27 heavy (non-hydrogen) atoms. The molecule has 3 rings (SSSR count). The van der Waals surface area contributed by atoms with Crippen LogP contribution < -0.4 is 9.47 Å². The lowest BCUT2D eigenvalue weighted by molar-refractivity contribution is 0.0672. The number of carbonyl (C=O) groups is 1. The van der Waals surface area contributed by atoms with Gasteiger partial charge in [-0.2, -0.15) is 0 Å². The minimum absolute atomic E-state index is 0.0260. The summed E-state index contributed by atoms with van der Waals surface area (Å²) in [5.74, 6) is 1.31. The lowest BCUT2D eigenvalue weighted by Gasteiger charge is -2.40. The van der Waals surface area contributed by atoms with Crippen LogP contribution in [0.25, 0.3) is 0 Å². The Morgan fingerprint density at radius 1 is 1.07 bits per heavy atom. The van der Waals surface area contributed by atoms with Gasteiger partial charge in [0.05, 0.1) is 18.8 Å². The Bertz CT molecular complexity index is 777. The van der Waals surface area contributed by atoms with Crippen molar-refractivity contribution >= 4 is 5.91 Å². The highest BCUT2D eigenvalue weighted by molar-refractivity contribution is 5.97. The number of hydrogen-bond acceptors (Lipinski definition) is 3. The largest absolute Gasteiger partial charge is 0.496 e. The Hall–Kier alpha value is -2.49. The molecule has 2 aromatic rings. The molecule has 1 saturated heterocycles. The van der Waals surface area contributed by atoms with Gasteiger partial charge in [0, 0.05) is 19.2 Å². The highest BCUT2D eigenvalue weighted by Gasteiger charge is 2.34. The van der Waals surface area contributed by atoms with E-state index in [9.17, 15) is 4.79 Å². The molecule has 0 spiro atoms. The molecule has 0 radical (unpaired) electrons. The van der Waals surface area contributed by atoms with Crippen LogP contribution in [0.1, 0.15) is 49.5 Å². The zero-order valence-electron chi connectivity index (χ0n) is 16.7. The van der Waals surface area contributed by atoms with Crippen LogP contribution in [0.15, 0.2) is 48.5 Å². The molecule has 1 amide bonds. The summed E-state index contributed by atoms with van der Waals surface area (Å²) >= 11 is 0. The van der Waals surface area contributed by atoms with Gasteiger partial charge in [-0.1, -0.05) is 37.3 Å². The molecule has 4 nitrogen and oxygen atoms in total. The van der Waals surface area contributed by atoms with E-state index in [2.05, 4.69) is 31.2 Å². The van der Waals surface area contributed by atoms with Crippen LogP contribution in [0.3, 0.4) is 0 Å².